The summed E-state index contributed by atoms with van der Waals surface area (Å²) in [4.78, 5) is 12.2. The van der Waals surface area contributed by atoms with Crippen molar-refractivity contribution < 1.29 is 4.79 Å². The van der Waals surface area contributed by atoms with Gasteiger partial charge in [0.05, 0.1) is 0 Å². The van der Waals surface area contributed by atoms with Crippen LogP contribution in [0.3, 0.4) is 0 Å². The van der Waals surface area contributed by atoms with Gasteiger partial charge in [-0.3, -0.25) is 4.79 Å². The molecule has 0 saturated heterocycles. The number of hydrogen-bond acceptors (Lipinski definition) is 2. The minimum Gasteiger partial charge on any atom is -0.329 e. The Labute approximate surface area is 103 Å². The van der Waals surface area contributed by atoms with E-state index >= 15 is 0 Å². The molecular weight excluding hydrogens is 210 g/mol. The van der Waals surface area contributed by atoms with Gasteiger partial charge in [0.2, 0.25) is 0 Å². The Hall–Kier alpha value is -1.15. The van der Waals surface area contributed by atoms with Gasteiger partial charge in [0, 0.05) is 18.4 Å². The molecule has 0 spiro atoms. The predicted octanol–water partition coefficient (Wildman–Crippen LogP) is 2.49. The fourth-order valence-corrected chi connectivity index (χ4v) is 2.47. The average Bonchev–Trinajstić information content (AvgIpc) is 2.29. The van der Waals surface area contributed by atoms with Crippen LogP contribution in [0, 0.1) is 5.41 Å². The number of Topliss-reactive ketones (excluding diaryl/α,β-unsaturated/α-hetero) is 1. The fraction of sp³-hybridized carbons (Fsp3) is 0.533. The summed E-state index contributed by atoms with van der Waals surface area (Å²) in [5, 5.41) is 0. The van der Waals surface area contributed by atoms with Gasteiger partial charge in [-0.15, -0.1) is 0 Å². The van der Waals surface area contributed by atoms with Crippen molar-refractivity contribution in [3.05, 3.63) is 35.4 Å². The van der Waals surface area contributed by atoms with Crippen LogP contribution in [0.5, 0.6) is 0 Å². The van der Waals surface area contributed by atoms with Gasteiger partial charge in [-0.1, -0.05) is 37.6 Å². The molecule has 2 heteroatoms. The van der Waals surface area contributed by atoms with Gasteiger partial charge in [0.25, 0.3) is 0 Å². The average molecular weight is 231 g/mol. The van der Waals surface area contributed by atoms with Crippen LogP contribution < -0.4 is 5.73 Å². The van der Waals surface area contributed by atoms with Crippen molar-refractivity contribution in [1.82, 2.24) is 0 Å². The number of nitrogens with two attached hydrogens (primary N) is 1. The topological polar surface area (TPSA) is 43.1 Å². The van der Waals surface area contributed by atoms with Crippen LogP contribution in [0.25, 0.3) is 0 Å². The Kier molecular flexibility index (Phi) is 3.63. The Balaban J connectivity index is 2.02. The second-order valence-corrected chi connectivity index (χ2v) is 5.11. The van der Waals surface area contributed by atoms with E-state index in [1.165, 1.54) is 5.56 Å². The van der Waals surface area contributed by atoms with Gasteiger partial charge in [0.1, 0.15) is 5.78 Å². The molecule has 0 radical (unpaired) electrons. The third-order valence-corrected chi connectivity index (χ3v) is 4.09. The summed E-state index contributed by atoms with van der Waals surface area (Å²) < 4.78 is 0. The van der Waals surface area contributed by atoms with E-state index in [0.29, 0.717) is 18.7 Å². The van der Waals surface area contributed by atoms with Crippen molar-refractivity contribution in [3.63, 3.8) is 0 Å². The van der Waals surface area contributed by atoms with Crippen LogP contribution in [0.15, 0.2) is 24.3 Å². The molecule has 0 unspecified atom stereocenters. The van der Waals surface area contributed by atoms with Crippen LogP contribution >= 0.6 is 0 Å². The van der Waals surface area contributed by atoms with E-state index in [2.05, 4.69) is 31.2 Å². The molecule has 2 rings (SSSR count). The third kappa shape index (κ3) is 2.42. The maximum Gasteiger partial charge on any atom is 0.144 e. The first kappa shape index (κ1) is 12.3. The normalized spacial score (nSPS) is 17.5. The van der Waals surface area contributed by atoms with Gasteiger partial charge < -0.3 is 5.73 Å². The summed E-state index contributed by atoms with van der Waals surface area (Å²) in [6.07, 6.45) is 4.70. The zero-order valence-electron chi connectivity index (χ0n) is 10.5. The van der Waals surface area contributed by atoms with E-state index in [1.807, 2.05) is 0 Å². The molecule has 2 N–H and O–H groups in total. The molecule has 1 aliphatic rings. The smallest absolute Gasteiger partial charge is 0.144 e. The molecule has 0 heterocycles. The van der Waals surface area contributed by atoms with E-state index in [9.17, 15) is 4.79 Å². The highest BCUT2D eigenvalue weighted by Crippen LogP contribution is 2.41. The number of carbonyl (C=O) groups is 1. The van der Waals surface area contributed by atoms with E-state index in [4.69, 9.17) is 5.73 Å². The highest BCUT2D eigenvalue weighted by molar-refractivity contribution is 5.87. The number of aryl methyl sites for hydroxylation is 1. The summed E-state index contributed by atoms with van der Waals surface area (Å²) in [5.74, 6) is 0.329. The van der Waals surface area contributed by atoms with Crippen molar-refractivity contribution in [2.45, 2.75) is 39.0 Å². The zero-order chi connectivity index (χ0) is 12.3. The quantitative estimate of drug-likeness (QED) is 0.846. The molecule has 17 heavy (non-hydrogen) atoms. The van der Waals surface area contributed by atoms with Crippen LogP contribution in [-0.4, -0.2) is 12.3 Å². The molecule has 0 atom stereocenters. The largest absolute Gasteiger partial charge is 0.329 e. The van der Waals surface area contributed by atoms with Crippen molar-refractivity contribution in [1.29, 1.82) is 0 Å². The lowest BCUT2D eigenvalue weighted by Crippen LogP contribution is -2.45. The SMILES string of the molecule is CCc1ccc(CC(=O)C2(CN)CCC2)cc1. The van der Waals surface area contributed by atoms with Crippen molar-refractivity contribution in [2.24, 2.45) is 11.1 Å². The maximum absolute atomic E-state index is 12.2. The Morgan fingerprint density at radius 3 is 2.24 bits per heavy atom. The van der Waals surface area contributed by atoms with Crippen LogP contribution in [0.2, 0.25) is 0 Å². The van der Waals surface area contributed by atoms with Crippen molar-refractivity contribution in [2.75, 3.05) is 6.54 Å². The molecule has 0 amide bonds. The lowest BCUT2D eigenvalue weighted by molar-refractivity contribution is -0.132. The summed E-state index contributed by atoms with van der Waals surface area (Å²) in [6, 6.07) is 8.36. The fourth-order valence-electron chi connectivity index (χ4n) is 2.47. The molecule has 1 saturated carbocycles. The molecular formula is C15H21NO. The number of rotatable bonds is 5. The van der Waals surface area contributed by atoms with Gasteiger partial charge in [0.15, 0.2) is 0 Å². The summed E-state index contributed by atoms with van der Waals surface area (Å²) in [7, 11) is 0. The van der Waals surface area contributed by atoms with Crippen molar-refractivity contribution >= 4 is 5.78 Å². The first-order chi connectivity index (χ1) is 8.20. The molecule has 1 aromatic carbocycles. The highest BCUT2D eigenvalue weighted by Gasteiger charge is 2.41. The molecule has 0 aliphatic heterocycles. The summed E-state index contributed by atoms with van der Waals surface area (Å²) in [5.41, 5.74) is 7.99. The maximum atomic E-state index is 12.2. The highest BCUT2D eigenvalue weighted by atomic mass is 16.1. The third-order valence-electron chi connectivity index (χ3n) is 4.09. The van der Waals surface area contributed by atoms with Crippen molar-refractivity contribution in [3.8, 4) is 0 Å². The number of carbonyl (C=O) groups excluding carboxylic acids is 1. The first-order valence-electron chi connectivity index (χ1n) is 6.51. The zero-order valence-corrected chi connectivity index (χ0v) is 10.5. The number of ketones is 1. The predicted molar refractivity (Wildman–Crippen MR) is 69.9 cm³/mol. The molecule has 1 fully saturated rings. The Morgan fingerprint density at radius 2 is 1.82 bits per heavy atom. The number of hydrogen-bond donors (Lipinski definition) is 1. The van der Waals surface area contributed by atoms with Crippen LogP contribution in [0.4, 0.5) is 0 Å². The Morgan fingerprint density at radius 1 is 1.24 bits per heavy atom. The van der Waals surface area contributed by atoms with E-state index in [0.717, 1.165) is 31.2 Å². The van der Waals surface area contributed by atoms with Crippen LogP contribution in [-0.2, 0) is 17.6 Å². The van der Waals surface area contributed by atoms with E-state index in [1.54, 1.807) is 0 Å². The lowest BCUT2D eigenvalue weighted by Gasteiger charge is -2.39. The van der Waals surface area contributed by atoms with E-state index < -0.39 is 0 Å². The molecule has 92 valence electrons. The van der Waals surface area contributed by atoms with Gasteiger partial charge >= 0.3 is 0 Å². The minimum atomic E-state index is -0.191. The lowest BCUT2D eigenvalue weighted by atomic mass is 9.65. The second-order valence-electron chi connectivity index (χ2n) is 5.11. The monoisotopic (exact) mass is 231 g/mol. The van der Waals surface area contributed by atoms with Gasteiger partial charge in [-0.2, -0.15) is 0 Å². The molecule has 0 aromatic heterocycles. The minimum absolute atomic E-state index is 0.191. The van der Waals surface area contributed by atoms with Crippen LogP contribution in [0.1, 0.15) is 37.3 Å². The number of benzene rings is 1. The second kappa shape index (κ2) is 5.01. The summed E-state index contributed by atoms with van der Waals surface area (Å²) in [6.45, 7) is 2.65. The Bertz CT molecular complexity index is 384. The molecule has 1 aromatic rings. The van der Waals surface area contributed by atoms with Gasteiger partial charge in [-0.25, -0.2) is 0 Å². The first-order valence-corrected chi connectivity index (χ1v) is 6.51. The summed E-state index contributed by atoms with van der Waals surface area (Å²) >= 11 is 0. The standard InChI is InChI=1S/C15H21NO/c1-2-12-4-6-13(7-5-12)10-14(17)15(11-16)8-3-9-15/h4-7H,2-3,8-11,16H2,1H3. The van der Waals surface area contributed by atoms with E-state index in [-0.39, 0.29) is 5.41 Å². The molecule has 1 aliphatic carbocycles. The molecule has 2 nitrogen and oxygen atoms in total. The molecule has 0 bridgehead atoms. The van der Waals surface area contributed by atoms with Gasteiger partial charge in [-0.05, 0) is 30.4 Å².